The lowest BCUT2D eigenvalue weighted by Gasteiger charge is -2.28. The molecule has 2 N–H and O–H groups in total. The molecule has 0 spiro atoms. The molecule has 0 aliphatic heterocycles. The van der Waals surface area contributed by atoms with Gasteiger partial charge in [-0.15, -0.1) is 0 Å². The minimum absolute atomic E-state index is 0.108. The van der Waals surface area contributed by atoms with Gasteiger partial charge >= 0.3 is 0 Å². The lowest BCUT2D eigenvalue weighted by Crippen LogP contribution is -2.45. The van der Waals surface area contributed by atoms with Crippen LogP contribution in [0.4, 0.5) is 0 Å². The van der Waals surface area contributed by atoms with Gasteiger partial charge in [0.2, 0.25) is 0 Å². The lowest BCUT2D eigenvalue weighted by molar-refractivity contribution is 0.163. The van der Waals surface area contributed by atoms with E-state index >= 15 is 0 Å². The molecule has 0 saturated heterocycles. The van der Waals surface area contributed by atoms with Crippen LogP contribution in [0.15, 0.2) is 18.2 Å². The quantitative estimate of drug-likeness (QED) is 0.882. The van der Waals surface area contributed by atoms with Crippen molar-refractivity contribution in [2.75, 3.05) is 6.61 Å². The van der Waals surface area contributed by atoms with Crippen LogP contribution in [0, 0.1) is 0 Å². The molecule has 0 bridgehead atoms. The third-order valence-electron chi connectivity index (χ3n) is 3.53. The monoisotopic (exact) mass is 273 g/mol. The summed E-state index contributed by atoms with van der Waals surface area (Å²) in [5.74, 6) is 0. The summed E-state index contributed by atoms with van der Waals surface area (Å²) in [5.41, 5.74) is 0.916. The molecule has 4 heteroatoms. The van der Waals surface area contributed by atoms with Gasteiger partial charge in [0.1, 0.15) is 0 Å². The molecule has 2 nitrogen and oxygen atoms in total. The molecule has 2 rings (SSSR count). The van der Waals surface area contributed by atoms with Gasteiger partial charge in [-0.05, 0) is 30.5 Å². The Morgan fingerprint density at radius 3 is 2.53 bits per heavy atom. The summed E-state index contributed by atoms with van der Waals surface area (Å²) < 4.78 is 0. The molecule has 0 amide bonds. The van der Waals surface area contributed by atoms with Gasteiger partial charge in [0.25, 0.3) is 0 Å². The molecular weight excluding hydrogens is 257 g/mol. The van der Waals surface area contributed by atoms with Crippen molar-refractivity contribution < 1.29 is 5.11 Å². The highest BCUT2D eigenvalue weighted by atomic mass is 35.5. The number of hydrogen-bond donors (Lipinski definition) is 2. The fraction of sp³-hybridized carbons (Fsp3) is 0.538. The Morgan fingerprint density at radius 1 is 1.24 bits per heavy atom. The Labute approximate surface area is 112 Å². The van der Waals surface area contributed by atoms with E-state index in [9.17, 15) is 5.11 Å². The number of aliphatic hydroxyl groups excluding tert-OH is 1. The van der Waals surface area contributed by atoms with E-state index in [1.165, 1.54) is 12.8 Å². The maximum absolute atomic E-state index is 9.49. The SMILES string of the molecule is OCC1(NCc2ccc(Cl)cc2Cl)CCCC1. The molecule has 17 heavy (non-hydrogen) atoms. The van der Waals surface area contributed by atoms with E-state index in [4.69, 9.17) is 23.2 Å². The number of halogens is 2. The lowest BCUT2D eigenvalue weighted by atomic mass is 9.98. The first kappa shape index (κ1) is 13.2. The van der Waals surface area contributed by atoms with Crippen LogP contribution in [-0.4, -0.2) is 17.3 Å². The van der Waals surface area contributed by atoms with Gasteiger partial charge in [-0.1, -0.05) is 42.1 Å². The first-order chi connectivity index (χ1) is 8.15. The maximum atomic E-state index is 9.49. The van der Waals surface area contributed by atoms with Gasteiger partial charge in [-0.2, -0.15) is 0 Å². The zero-order valence-electron chi connectivity index (χ0n) is 9.68. The molecule has 0 heterocycles. The maximum Gasteiger partial charge on any atom is 0.0613 e. The molecule has 1 aromatic rings. The molecule has 0 unspecified atom stereocenters. The summed E-state index contributed by atoms with van der Waals surface area (Å²) in [6.07, 6.45) is 4.44. The van der Waals surface area contributed by atoms with Gasteiger partial charge in [0, 0.05) is 22.1 Å². The Kier molecular flexibility index (Phi) is 4.31. The van der Waals surface area contributed by atoms with Crippen LogP contribution in [0.25, 0.3) is 0 Å². The molecule has 1 aliphatic carbocycles. The Balaban J connectivity index is 2.01. The normalized spacial score (nSPS) is 18.5. The van der Waals surface area contributed by atoms with Crippen molar-refractivity contribution in [1.29, 1.82) is 0 Å². The first-order valence-electron chi connectivity index (χ1n) is 5.95. The molecule has 1 fully saturated rings. The molecule has 1 aliphatic rings. The summed E-state index contributed by atoms with van der Waals surface area (Å²) in [7, 11) is 0. The van der Waals surface area contributed by atoms with Crippen LogP contribution in [-0.2, 0) is 6.54 Å². The molecular formula is C13H17Cl2NO. The van der Waals surface area contributed by atoms with Gasteiger partial charge in [-0.3, -0.25) is 0 Å². The highest BCUT2D eigenvalue weighted by Crippen LogP contribution is 2.30. The van der Waals surface area contributed by atoms with E-state index in [-0.39, 0.29) is 12.1 Å². The fourth-order valence-corrected chi connectivity index (χ4v) is 2.87. The number of hydrogen-bond acceptors (Lipinski definition) is 2. The smallest absolute Gasteiger partial charge is 0.0613 e. The summed E-state index contributed by atoms with van der Waals surface area (Å²) in [4.78, 5) is 0. The van der Waals surface area contributed by atoms with Crippen LogP contribution < -0.4 is 5.32 Å². The zero-order valence-corrected chi connectivity index (χ0v) is 11.2. The molecule has 1 saturated carbocycles. The Morgan fingerprint density at radius 2 is 1.94 bits per heavy atom. The number of nitrogens with one attached hydrogen (secondary N) is 1. The molecule has 1 aromatic carbocycles. The van der Waals surface area contributed by atoms with Crippen molar-refractivity contribution in [2.45, 2.75) is 37.8 Å². The van der Waals surface area contributed by atoms with Crippen LogP contribution >= 0.6 is 23.2 Å². The second-order valence-electron chi connectivity index (χ2n) is 4.73. The van der Waals surface area contributed by atoms with E-state index in [1.54, 1.807) is 6.07 Å². The van der Waals surface area contributed by atoms with Gasteiger partial charge in [-0.25, -0.2) is 0 Å². The van der Waals surface area contributed by atoms with E-state index in [1.807, 2.05) is 12.1 Å². The second kappa shape index (κ2) is 5.57. The molecule has 0 radical (unpaired) electrons. The van der Waals surface area contributed by atoms with Crippen molar-refractivity contribution in [3.8, 4) is 0 Å². The number of aliphatic hydroxyl groups is 1. The second-order valence-corrected chi connectivity index (χ2v) is 5.58. The zero-order chi connectivity index (χ0) is 12.3. The summed E-state index contributed by atoms with van der Waals surface area (Å²) in [6, 6.07) is 5.52. The predicted molar refractivity (Wildman–Crippen MR) is 71.6 cm³/mol. The highest BCUT2D eigenvalue weighted by molar-refractivity contribution is 6.35. The fourth-order valence-electron chi connectivity index (χ4n) is 2.39. The molecule has 0 atom stereocenters. The van der Waals surface area contributed by atoms with Crippen molar-refractivity contribution in [1.82, 2.24) is 5.32 Å². The van der Waals surface area contributed by atoms with E-state index in [0.29, 0.717) is 16.6 Å². The van der Waals surface area contributed by atoms with Gasteiger partial charge in [0.15, 0.2) is 0 Å². The topological polar surface area (TPSA) is 32.3 Å². The predicted octanol–water partition coefficient (Wildman–Crippen LogP) is 3.39. The van der Waals surface area contributed by atoms with Crippen LogP contribution in [0.3, 0.4) is 0 Å². The van der Waals surface area contributed by atoms with Crippen molar-refractivity contribution >= 4 is 23.2 Å². The largest absolute Gasteiger partial charge is 0.394 e. The summed E-state index contributed by atoms with van der Waals surface area (Å²) in [5, 5.41) is 14.3. The third kappa shape index (κ3) is 3.14. The van der Waals surface area contributed by atoms with E-state index < -0.39 is 0 Å². The minimum atomic E-state index is -0.108. The number of rotatable bonds is 4. The van der Waals surface area contributed by atoms with Crippen LogP contribution in [0.1, 0.15) is 31.2 Å². The van der Waals surface area contributed by atoms with Gasteiger partial charge < -0.3 is 10.4 Å². The third-order valence-corrected chi connectivity index (χ3v) is 4.12. The standard InChI is InChI=1S/C13H17Cl2NO/c14-11-4-3-10(12(15)7-11)8-16-13(9-17)5-1-2-6-13/h3-4,7,16-17H,1-2,5-6,8-9H2. The number of benzene rings is 1. The van der Waals surface area contributed by atoms with Crippen molar-refractivity contribution in [3.63, 3.8) is 0 Å². The summed E-state index contributed by atoms with van der Waals surface area (Å²) in [6.45, 7) is 0.870. The summed E-state index contributed by atoms with van der Waals surface area (Å²) >= 11 is 12.0. The Bertz CT molecular complexity index is 389. The van der Waals surface area contributed by atoms with Gasteiger partial charge in [0.05, 0.1) is 6.61 Å². The van der Waals surface area contributed by atoms with E-state index in [0.717, 1.165) is 18.4 Å². The average Bonchev–Trinajstić information content (AvgIpc) is 2.77. The highest BCUT2D eigenvalue weighted by Gasteiger charge is 2.32. The van der Waals surface area contributed by atoms with Crippen molar-refractivity contribution in [3.05, 3.63) is 33.8 Å². The van der Waals surface area contributed by atoms with Crippen LogP contribution in [0.2, 0.25) is 10.0 Å². The molecule has 94 valence electrons. The van der Waals surface area contributed by atoms with E-state index in [2.05, 4.69) is 5.32 Å². The first-order valence-corrected chi connectivity index (χ1v) is 6.71. The Hall–Kier alpha value is -0.280. The average molecular weight is 274 g/mol. The molecule has 0 aromatic heterocycles. The minimum Gasteiger partial charge on any atom is -0.394 e. The van der Waals surface area contributed by atoms with Crippen LogP contribution in [0.5, 0.6) is 0 Å². The van der Waals surface area contributed by atoms with Crippen molar-refractivity contribution in [2.24, 2.45) is 0 Å².